The van der Waals surface area contributed by atoms with E-state index in [4.69, 9.17) is 10.8 Å². The maximum Gasteiger partial charge on any atom is 0.326 e. The summed E-state index contributed by atoms with van der Waals surface area (Å²) in [7, 11) is 0. The summed E-state index contributed by atoms with van der Waals surface area (Å²) < 4.78 is 0. The molecule has 1 aromatic rings. The zero-order valence-corrected chi connectivity index (χ0v) is 10.9. The fourth-order valence-electron chi connectivity index (χ4n) is 1.43. The summed E-state index contributed by atoms with van der Waals surface area (Å²) in [5.41, 5.74) is 6.30. The topological polar surface area (TPSA) is 92.4 Å². The van der Waals surface area contributed by atoms with E-state index >= 15 is 0 Å². The third-order valence-electron chi connectivity index (χ3n) is 2.42. The van der Waals surface area contributed by atoms with Crippen molar-refractivity contribution in [3.05, 3.63) is 29.8 Å². The van der Waals surface area contributed by atoms with Crippen LogP contribution in [0.5, 0.6) is 0 Å². The minimum Gasteiger partial charge on any atom is -0.480 e. The van der Waals surface area contributed by atoms with Gasteiger partial charge >= 0.3 is 5.97 Å². The molecule has 0 spiro atoms. The van der Waals surface area contributed by atoms with Crippen molar-refractivity contribution >= 4 is 29.3 Å². The van der Waals surface area contributed by atoms with Crippen LogP contribution in [-0.4, -0.2) is 35.0 Å². The van der Waals surface area contributed by atoms with Gasteiger partial charge in [0.1, 0.15) is 6.04 Å². The number of nitrogen functional groups attached to an aromatic ring is 1. The SMILES string of the molecule is CSCCC(NC(=O)c1ccccc1N)C(=O)O. The molecule has 0 saturated heterocycles. The summed E-state index contributed by atoms with van der Waals surface area (Å²) in [6, 6.07) is 5.69. The zero-order valence-electron chi connectivity index (χ0n) is 10.1. The Morgan fingerprint density at radius 2 is 2.11 bits per heavy atom. The molecule has 4 N–H and O–H groups in total. The number of carbonyl (C=O) groups excluding carboxylic acids is 1. The molecule has 0 bridgehead atoms. The Hall–Kier alpha value is -1.69. The average molecular weight is 268 g/mol. The molecular weight excluding hydrogens is 252 g/mol. The van der Waals surface area contributed by atoms with Gasteiger partial charge in [0.25, 0.3) is 5.91 Å². The number of para-hydroxylation sites is 1. The zero-order chi connectivity index (χ0) is 13.5. The van der Waals surface area contributed by atoms with Crippen LogP contribution in [0.25, 0.3) is 0 Å². The Balaban J connectivity index is 2.72. The summed E-state index contributed by atoms with van der Waals surface area (Å²) in [5.74, 6) is -0.824. The Morgan fingerprint density at radius 1 is 1.44 bits per heavy atom. The van der Waals surface area contributed by atoms with Gasteiger partial charge in [-0.3, -0.25) is 4.79 Å². The van der Waals surface area contributed by atoms with Gasteiger partial charge in [0.05, 0.1) is 5.56 Å². The monoisotopic (exact) mass is 268 g/mol. The smallest absolute Gasteiger partial charge is 0.326 e. The molecular formula is C12H16N2O3S. The molecule has 0 aliphatic carbocycles. The summed E-state index contributed by atoms with van der Waals surface area (Å²) in [6.07, 6.45) is 2.27. The molecule has 5 nitrogen and oxygen atoms in total. The number of nitrogens with one attached hydrogen (secondary N) is 1. The molecule has 0 heterocycles. The standard InChI is InChI=1S/C12H16N2O3S/c1-18-7-6-10(12(16)17)14-11(15)8-4-2-3-5-9(8)13/h2-5,10H,6-7,13H2,1H3,(H,14,15)(H,16,17). The molecule has 0 aliphatic heterocycles. The van der Waals surface area contributed by atoms with Crippen LogP contribution in [0.3, 0.4) is 0 Å². The van der Waals surface area contributed by atoms with Gasteiger partial charge in [-0.1, -0.05) is 12.1 Å². The van der Waals surface area contributed by atoms with Crippen molar-refractivity contribution in [2.45, 2.75) is 12.5 Å². The number of thioether (sulfide) groups is 1. The number of carboxylic acid groups (broad SMARTS) is 1. The van der Waals surface area contributed by atoms with E-state index in [1.807, 2.05) is 6.26 Å². The van der Waals surface area contributed by atoms with Crippen LogP contribution in [0, 0.1) is 0 Å². The van der Waals surface area contributed by atoms with E-state index in [9.17, 15) is 9.59 Å². The van der Waals surface area contributed by atoms with Gasteiger partial charge in [0.2, 0.25) is 0 Å². The lowest BCUT2D eigenvalue weighted by Gasteiger charge is -2.14. The second-order valence-electron chi connectivity index (χ2n) is 3.73. The second kappa shape index (κ2) is 6.90. The Morgan fingerprint density at radius 3 is 2.67 bits per heavy atom. The lowest BCUT2D eigenvalue weighted by Crippen LogP contribution is -2.41. The second-order valence-corrected chi connectivity index (χ2v) is 4.72. The van der Waals surface area contributed by atoms with Crippen molar-refractivity contribution in [1.82, 2.24) is 5.32 Å². The van der Waals surface area contributed by atoms with Crippen LogP contribution in [-0.2, 0) is 4.79 Å². The van der Waals surface area contributed by atoms with E-state index in [0.717, 1.165) is 0 Å². The number of rotatable bonds is 6. The molecule has 0 fully saturated rings. The van der Waals surface area contributed by atoms with Gasteiger partial charge < -0.3 is 16.2 Å². The lowest BCUT2D eigenvalue weighted by atomic mass is 10.1. The van der Waals surface area contributed by atoms with Gasteiger partial charge in [-0.05, 0) is 30.6 Å². The minimum absolute atomic E-state index is 0.299. The number of anilines is 1. The van der Waals surface area contributed by atoms with Crippen LogP contribution < -0.4 is 11.1 Å². The summed E-state index contributed by atoms with van der Waals surface area (Å²) in [4.78, 5) is 22.9. The van der Waals surface area contributed by atoms with Gasteiger partial charge in [-0.15, -0.1) is 0 Å². The highest BCUT2D eigenvalue weighted by atomic mass is 32.2. The first kappa shape index (κ1) is 14.4. The highest BCUT2D eigenvalue weighted by Gasteiger charge is 2.20. The predicted octanol–water partition coefficient (Wildman–Crippen LogP) is 1.20. The highest BCUT2D eigenvalue weighted by molar-refractivity contribution is 7.98. The van der Waals surface area contributed by atoms with Crippen LogP contribution in [0.4, 0.5) is 5.69 Å². The number of benzene rings is 1. The van der Waals surface area contributed by atoms with Crippen LogP contribution in [0.2, 0.25) is 0 Å². The molecule has 1 amide bonds. The molecule has 0 radical (unpaired) electrons. The van der Waals surface area contributed by atoms with E-state index in [1.165, 1.54) is 11.8 Å². The van der Waals surface area contributed by atoms with Crippen molar-refractivity contribution in [1.29, 1.82) is 0 Å². The Bertz CT molecular complexity index is 437. The first-order valence-electron chi connectivity index (χ1n) is 5.43. The molecule has 98 valence electrons. The molecule has 6 heteroatoms. The normalized spacial score (nSPS) is 11.8. The van der Waals surface area contributed by atoms with Crippen LogP contribution >= 0.6 is 11.8 Å². The lowest BCUT2D eigenvalue weighted by molar-refractivity contribution is -0.139. The first-order valence-corrected chi connectivity index (χ1v) is 6.82. The number of nitrogens with two attached hydrogens (primary N) is 1. The fourth-order valence-corrected chi connectivity index (χ4v) is 1.90. The summed E-state index contributed by atoms with van der Waals surface area (Å²) >= 11 is 1.53. The van der Waals surface area contributed by atoms with Gasteiger partial charge in [0, 0.05) is 5.69 Å². The molecule has 1 rings (SSSR count). The average Bonchev–Trinajstić information content (AvgIpc) is 2.34. The highest BCUT2D eigenvalue weighted by Crippen LogP contribution is 2.11. The fraction of sp³-hybridized carbons (Fsp3) is 0.333. The number of hydrogen-bond donors (Lipinski definition) is 3. The van der Waals surface area contributed by atoms with Gasteiger partial charge in [-0.25, -0.2) is 4.79 Å². The summed E-state index contributed by atoms with van der Waals surface area (Å²) in [6.45, 7) is 0. The molecule has 1 aromatic carbocycles. The molecule has 0 aliphatic rings. The number of amides is 1. The van der Waals surface area contributed by atoms with Crippen molar-refractivity contribution < 1.29 is 14.7 Å². The Labute approximate surface area is 110 Å². The number of aliphatic carboxylic acids is 1. The maximum atomic E-state index is 11.9. The molecule has 1 unspecified atom stereocenters. The van der Waals surface area contributed by atoms with Crippen molar-refractivity contribution in [2.75, 3.05) is 17.7 Å². The largest absolute Gasteiger partial charge is 0.480 e. The summed E-state index contributed by atoms with van der Waals surface area (Å²) in [5, 5.41) is 11.5. The van der Waals surface area contributed by atoms with E-state index < -0.39 is 17.9 Å². The number of carboxylic acids is 1. The van der Waals surface area contributed by atoms with Crippen molar-refractivity contribution in [2.24, 2.45) is 0 Å². The predicted molar refractivity (Wildman–Crippen MR) is 72.7 cm³/mol. The molecule has 0 saturated carbocycles. The number of carbonyl (C=O) groups is 2. The first-order chi connectivity index (χ1) is 8.56. The molecule has 1 atom stereocenters. The van der Waals surface area contributed by atoms with Crippen molar-refractivity contribution in [3.8, 4) is 0 Å². The van der Waals surface area contributed by atoms with Crippen LogP contribution in [0.1, 0.15) is 16.8 Å². The third kappa shape index (κ3) is 3.96. The minimum atomic E-state index is -1.04. The van der Waals surface area contributed by atoms with Crippen LogP contribution in [0.15, 0.2) is 24.3 Å². The van der Waals surface area contributed by atoms with E-state index in [-0.39, 0.29) is 0 Å². The van der Waals surface area contributed by atoms with E-state index in [1.54, 1.807) is 24.3 Å². The van der Waals surface area contributed by atoms with E-state index in [2.05, 4.69) is 5.32 Å². The third-order valence-corrected chi connectivity index (χ3v) is 3.06. The Kier molecular flexibility index (Phi) is 5.51. The molecule has 0 aromatic heterocycles. The van der Waals surface area contributed by atoms with Gasteiger partial charge in [-0.2, -0.15) is 11.8 Å². The van der Waals surface area contributed by atoms with Gasteiger partial charge in [0.15, 0.2) is 0 Å². The maximum absolute atomic E-state index is 11.9. The van der Waals surface area contributed by atoms with E-state index in [0.29, 0.717) is 23.4 Å². The quantitative estimate of drug-likeness (QED) is 0.674. The van der Waals surface area contributed by atoms with Crippen molar-refractivity contribution in [3.63, 3.8) is 0 Å². The molecule has 18 heavy (non-hydrogen) atoms. The number of hydrogen-bond acceptors (Lipinski definition) is 4.